The van der Waals surface area contributed by atoms with Crippen LogP contribution in [-0.2, 0) is 25.7 Å². The average Bonchev–Trinajstić information content (AvgIpc) is 3.33. The van der Waals surface area contributed by atoms with Crippen LogP contribution in [0.3, 0.4) is 0 Å². The zero-order valence-electron chi connectivity index (χ0n) is 40.7. The fraction of sp³-hybridized carbons (Fsp3) is 0.552. The Bertz CT molecular complexity index is 1670. The summed E-state index contributed by atoms with van der Waals surface area (Å²) in [5, 5.41) is 0. The molecule has 346 valence electrons. The summed E-state index contributed by atoms with van der Waals surface area (Å²) >= 11 is 0. The van der Waals surface area contributed by atoms with Crippen LogP contribution in [0.5, 0.6) is 0 Å². The predicted molar refractivity (Wildman–Crippen MR) is 275 cm³/mol. The molecule has 0 amide bonds. The summed E-state index contributed by atoms with van der Waals surface area (Å²) in [4.78, 5) is 24.9. The molecule has 0 atom stereocenters. The molecule has 4 heterocycles. The van der Waals surface area contributed by atoms with Crippen molar-refractivity contribution >= 4 is 34.6 Å². The van der Waals surface area contributed by atoms with Gasteiger partial charge < -0.3 is 0 Å². The Labute approximate surface area is 390 Å². The molecule has 0 N–H and O–H groups in total. The number of benzene rings is 1. The number of aryl methyl sites for hydroxylation is 4. The SMILES string of the molecule is CCCCCCCCc1ccc(N(c2cccc(N(c3ccc(CCCCCCCC)cn3)c3ccc(CCCCCCCC)cn3)c2)c2ccc(CCCCCCCC)cn2)nc1. The molecule has 6 nitrogen and oxygen atoms in total. The fourth-order valence-corrected chi connectivity index (χ4v) is 8.76. The van der Waals surface area contributed by atoms with E-state index in [1.54, 1.807) is 0 Å². The summed E-state index contributed by atoms with van der Waals surface area (Å²) in [6, 6.07) is 26.5. The molecule has 4 aromatic heterocycles. The van der Waals surface area contributed by atoms with Gasteiger partial charge in [-0.2, -0.15) is 0 Å². The van der Waals surface area contributed by atoms with Crippen molar-refractivity contribution in [1.29, 1.82) is 0 Å². The van der Waals surface area contributed by atoms with Crippen molar-refractivity contribution in [2.45, 2.75) is 207 Å². The van der Waals surface area contributed by atoms with Crippen molar-refractivity contribution in [3.05, 3.63) is 120 Å². The summed E-state index contributed by atoms with van der Waals surface area (Å²) in [7, 11) is 0. The van der Waals surface area contributed by atoms with Gasteiger partial charge in [0.05, 0.1) is 11.4 Å². The largest absolute Gasteiger partial charge is 0.279 e. The fourth-order valence-electron chi connectivity index (χ4n) is 8.76. The third-order valence-corrected chi connectivity index (χ3v) is 12.8. The predicted octanol–water partition coefficient (Wildman–Crippen LogP) is 17.8. The molecule has 1 aromatic carbocycles. The van der Waals surface area contributed by atoms with Crippen LogP contribution in [0.4, 0.5) is 34.6 Å². The highest BCUT2D eigenvalue weighted by Crippen LogP contribution is 2.38. The van der Waals surface area contributed by atoms with Crippen LogP contribution in [0.25, 0.3) is 0 Å². The summed E-state index contributed by atoms with van der Waals surface area (Å²) in [5.74, 6) is 3.45. The van der Waals surface area contributed by atoms with Crippen LogP contribution in [0.15, 0.2) is 97.6 Å². The molecule has 0 bridgehead atoms. The Morgan fingerprint density at radius 2 is 0.547 bits per heavy atom. The minimum absolute atomic E-state index is 0.862. The highest BCUT2D eigenvalue weighted by molar-refractivity contribution is 5.79. The lowest BCUT2D eigenvalue weighted by molar-refractivity contribution is 0.607. The van der Waals surface area contributed by atoms with Crippen LogP contribution >= 0.6 is 0 Å². The first-order valence-corrected chi connectivity index (χ1v) is 26.1. The maximum absolute atomic E-state index is 5.12. The zero-order chi connectivity index (χ0) is 44.9. The number of pyridine rings is 4. The number of nitrogens with zero attached hydrogens (tertiary/aromatic N) is 6. The maximum atomic E-state index is 5.12. The standard InChI is InChI=1S/C58H84N6/c1-5-9-13-17-21-25-30-49-36-40-55(59-45-49)63(56-41-37-50(46-60-56)31-26-22-18-14-10-6-2)53-34-29-35-54(44-53)64(57-42-38-51(47-61-57)32-27-23-19-15-11-7-3)58-43-39-52(48-62-58)33-28-24-20-16-12-8-4/h29,34-48H,5-28,30-33H2,1-4H3. The van der Waals surface area contributed by atoms with E-state index >= 15 is 0 Å². The van der Waals surface area contributed by atoms with Gasteiger partial charge in [0.25, 0.3) is 0 Å². The van der Waals surface area contributed by atoms with Gasteiger partial charge in [0.1, 0.15) is 23.3 Å². The molecular weight excluding hydrogens is 781 g/mol. The first-order chi connectivity index (χ1) is 31.6. The topological polar surface area (TPSA) is 58.0 Å². The Morgan fingerprint density at radius 1 is 0.297 bits per heavy atom. The number of aromatic nitrogens is 4. The zero-order valence-corrected chi connectivity index (χ0v) is 40.7. The quantitative estimate of drug-likeness (QED) is 0.0384. The molecular formula is C58H84N6. The van der Waals surface area contributed by atoms with E-state index in [4.69, 9.17) is 19.9 Å². The Balaban J connectivity index is 1.42. The van der Waals surface area contributed by atoms with Crippen molar-refractivity contribution in [3.8, 4) is 0 Å². The summed E-state index contributed by atoms with van der Waals surface area (Å²) in [5.41, 5.74) is 7.15. The van der Waals surface area contributed by atoms with Gasteiger partial charge in [0, 0.05) is 24.8 Å². The van der Waals surface area contributed by atoms with Crippen LogP contribution < -0.4 is 9.80 Å². The highest BCUT2D eigenvalue weighted by Gasteiger charge is 2.20. The molecule has 5 aromatic rings. The van der Waals surface area contributed by atoms with Crippen molar-refractivity contribution in [2.75, 3.05) is 9.80 Å². The summed E-state index contributed by atoms with van der Waals surface area (Å²) in [6.45, 7) is 9.12. The minimum atomic E-state index is 0.862. The minimum Gasteiger partial charge on any atom is -0.279 e. The Morgan fingerprint density at radius 3 is 0.781 bits per heavy atom. The maximum Gasteiger partial charge on any atom is 0.138 e. The second-order valence-electron chi connectivity index (χ2n) is 18.4. The number of hydrogen-bond donors (Lipinski definition) is 0. The molecule has 0 unspecified atom stereocenters. The van der Waals surface area contributed by atoms with Crippen LogP contribution in [0, 0.1) is 0 Å². The molecule has 5 rings (SSSR count). The molecule has 0 fully saturated rings. The molecule has 0 saturated heterocycles. The lowest BCUT2D eigenvalue weighted by atomic mass is 10.1. The average molecular weight is 865 g/mol. The molecule has 0 aliphatic heterocycles. The lowest BCUT2D eigenvalue weighted by Crippen LogP contribution is -2.16. The Hall–Kier alpha value is -4.58. The first-order valence-electron chi connectivity index (χ1n) is 26.1. The van der Waals surface area contributed by atoms with Crippen molar-refractivity contribution in [1.82, 2.24) is 19.9 Å². The van der Waals surface area contributed by atoms with Crippen LogP contribution in [0.1, 0.15) is 204 Å². The smallest absolute Gasteiger partial charge is 0.138 e. The Kier molecular flexibility index (Phi) is 24.1. The van der Waals surface area contributed by atoms with E-state index in [9.17, 15) is 0 Å². The molecule has 0 spiro atoms. The van der Waals surface area contributed by atoms with Crippen LogP contribution in [-0.4, -0.2) is 19.9 Å². The molecule has 0 saturated carbocycles. The van der Waals surface area contributed by atoms with Gasteiger partial charge in [0.2, 0.25) is 0 Å². The van der Waals surface area contributed by atoms with E-state index in [0.29, 0.717) is 0 Å². The van der Waals surface area contributed by atoms with Gasteiger partial charge in [-0.3, -0.25) is 9.80 Å². The molecule has 64 heavy (non-hydrogen) atoms. The van der Waals surface area contributed by atoms with Crippen molar-refractivity contribution < 1.29 is 0 Å². The number of anilines is 6. The lowest BCUT2D eigenvalue weighted by Gasteiger charge is -2.27. The number of unbranched alkanes of at least 4 members (excludes halogenated alkanes) is 20. The van der Waals surface area contributed by atoms with E-state index in [1.807, 2.05) is 0 Å². The van der Waals surface area contributed by atoms with Gasteiger partial charge in [-0.05, 0) is 116 Å². The van der Waals surface area contributed by atoms with Crippen molar-refractivity contribution in [3.63, 3.8) is 0 Å². The van der Waals surface area contributed by atoms with Gasteiger partial charge in [-0.1, -0.05) is 186 Å². The second-order valence-corrected chi connectivity index (χ2v) is 18.4. The first kappa shape index (κ1) is 50.4. The van der Waals surface area contributed by atoms with Gasteiger partial charge in [0.15, 0.2) is 0 Å². The van der Waals surface area contributed by atoms with E-state index in [2.05, 4.69) is 135 Å². The molecule has 6 heteroatoms. The molecule has 0 aliphatic carbocycles. The third-order valence-electron chi connectivity index (χ3n) is 12.8. The number of rotatable bonds is 34. The molecule has 0 aliphatic rings. The van der Waals surface area contributed by atoms with E-state index in [1.165, 1.54) is 176 Å². The summed E-state index contributed by atoms with van der Waals surface area (Å²) < 4.78 is 0. The summed E-state index contributed by atoms with van der Waals surface area (Å²) in [6.07, 6.45) is 43.6. The normalized spacial score (nSPS) is 11.3. The monoisotopic (exact) mass is 865 g/mol. The van der Waals surface area contributed by atoms with E-state index in [0.717, 1.165) is 60.3 Å². The van der Waals surface area contributed by atoms with E-state index < -0.39 is 0 Å². The van der Waals surface area contributed by atoms with Gasteiger partial charge in [-0.25, -0.2) is 19.9 Å². The van der Waals surface area contributed by atoms with Gasteiger partial charge in [-0.15, -0.1) is 0 Å². The molecule has 0 radical (unpaired) electrons. The van der Waals surface area contributed by atoms with Crippen LogP contribution in [0.2, 0.25) is 0 Å². The second kappa shape index (κ2) is 30.5. The van der Waals surface area contributed by atoms with Crippen molar-refractivity contribution in [2.24, 2.45) is 0 Å². The number of hydrogen-bond acceptors (Lipinski definition) is 6. The van der Waals surface area contributed by atoms with E-state index in [-0.39, 0.29) is 0 Å². The third kappa shape index (κ3) is 17.8. The van der Waals surface area contributed by atoms with Gasteiger partial charge >= 0.3 is 0 Å². The highest BCUT2D eigenvalue weighted by atomic mass is 15.3.